The molecule has 0 saturated carbocycles. The van der Waals surface area contributed by atoms with Crippen LogP contribution in [0, 0.1) is 5.82 Å². The van der Waals surface area contributed by atoms with Gasteiger partial charge in [-0.3, -0.25) is 4.79 Å². The Morgan fingerprint density at radius 3 is 2.46 bits per heavy atom. The van der Waals surface area contributed by atoms with E-state index in [1.54, 1.807) is 31.4 Å². The van der Waals surface area contributed by atoms with Crippen molar-refractivity contribution < 1.29 is 13.9 Å². The number of amides is 1. The number of piperazine rings is 1. The molecule has 1 heterocycles. The van der Waals surface area contributed by atoms with Crippen molar-refractivity contribution in [1.29, 1.82) is 0 Å². The van der Waals surface area contributed by atoms with E-state index in [2.05, 4.69) is 20.8 Å². The SMILES string of the molecule is COc1ccc(Br)cc1C=CC(=O)N1CCN(c2ccc(F)cc2)CC1. The number of nitrogens with zero attached hydrogens (tertiary/aromatic N) is 2. The zero-order chi connectivity index (χ0) is 18.5. The van der Waals surface area contributed by atoms with Gasteiger partial charge in [-0.1, -0.05) is 15.9 Å². The third-order valence-electron chi connectivity index (χ3n) is 4.38. The number of carbonyl (C=O) groups is 1. The molecule has 1 fully saturated rings. The molecule has 0 bridgehead atoms. The predicted molar refractivity (Wildman–Crippen MR) is 105 cm³/mol. The third kappa shape index (κ3) is 4.43. The van der Waals surface area contributed by atoms with Gasteiger partial charge >= 0.3 is 0 Å². The highest BCUT2D eigenvalue weighted by atomic mass is 79.9. The second kappa shape index (κ2) is 8.36. The number of carbonyl (C=O) groups excluding carboxylic acids is 1. The maximum atomic E-state index is 13.0. The number of methoxy groups -OCH3 is 1. The number of halogens is 2. The molecule has 3 rings (SSSR count). The van der Waals surface area contributed by atoms with Crippen LogP contribution < -0.4 is 9.64 Å². The largest absolute Gasteiger partial charge is 0.496 e. The first-order valence-electron chi connectivity index (χ1n) is 8.38. The molecule has 0 aliphatic carbocycles. The van der Waals surface area contributed by atoms with Gasteiger partial charge in [0.05, 0.1) is 7.11 Å². The summed E-state index contributed by atoms with van der Waals surface area (Å²) in [6.07, 6.45) is 3.36. The summed E-state index contributed by atoms with van der Waals surface area (Å²) < 4.78 is 19.3. The average Bonchev–Trinajstić information content (AvgIpc) is 2.67. The topological polar surface area (TPSA) is 32.8 Å². The van der Waals surface area contributed by atoms with Crippen LogP contribution in [0.3, 0.4) is 0 Å². The normalized spacial score (nSPS) is 14.7. The van der Waals surface area contributed by atoms with Crippen LogP contribution in [-0.4, -0.2) is 44.1 Å². The summed E-state index contributed by atoms with van der Waals surface area (Å²) >= 11 is 3.43. The van der Waals surface area contributed by atoms with Crippen molar-refractivity contribution >= 4 is 33.6 Å². The van der Waals surface area contributed by atoms with Crippen molar-refractivity contribution in [2.45, 2.75) is 0 Å². The van der Waals surface area contributed by atoms with E-state index in [9.17, 15) is 9.18 Å². The molecule has 0 aromatic heterocycles. The molecule has 1 saturated heterocycles. The van der Waals surface area contributed by atoms with Crippen LogP contribution in [0.5, 0.6) is 5.75 Å². The van der Waals surface area contributed by atoms with Gasteiger partial charge in [-0.15, -0.1) is 0 Å². The molecule has 0 unspecified atom stereocenters. The van der Waals surface area contributed by atoms with E-state index < -0.39 is 0 Å². The smallest absolute Gasteiger partial charge is 0.246 e. The van der Waals surface area contributed by atoms with Crippen molar-refractivity contribution in [3.8, 4) is 5.75 Å². The number of anilines is 1. The van der Waals surface area contributed by atoms with Crippen molar-refractivity contribution in [1.82, 2.24) is 4.90 Å². The molecule has 26 heavy (non-hydrogen) atoms. The second-order valence-corrected chi connectivity index (χ2v) is 6.92. The molecule has 2 aromatic rings. The Labute approximate surface area is 161 Å². The minimum Gasteiger partial charge on any atom is -0.496 e. The van der Waals surface area contributed by atoms with Gasteiger partial charge in [0.15, 0.2) is 0 Å². The number of benzene rings is 2. The fourth-order valence-electron chi connectivity index (χ4n) is 2.94. The Balaban J connectivity index is 1.60. The molecule has 1 amide bonds. The van der Waals surface area contributed by atoms with Crippen LogP contribution in [-0.2, 0) is 4.79 Å². The second-order valence-electron chi connectivity index (χ2n) is 6.01. The monoisotopic (exact) mass is 418 g/mol. The quantitative estimate of drug-likeness (QED) is 0.704. The molecule has 4 nitrogen and oxygen atoms in total. The Kier molecular flexibility index (Phi) is 5.93. The Morgan fingerprint density at radius 1 is 1.12 bits per heavy atom. The lowest BCUT2D eigenvalue weighted by atomic mass is 10.2. The van der Waals surface area contributed by atoms with Crippen molar-refractivity contribution in [2.24, 2.45) is 0 Å². The van der Waals surface area contributed by atoms with Crippen LogP contribution in [0.2, 0.25) is 0 Å². The predicted octanol–water partition coefficient (Wildman–Crippen LogP) is 3.96. The molecule has 2 aromatic carbocycles. The summed E-state index contributed by atoms with van der Waals surface area (Å²) in [5, 5.41) is 0. The molecular weight excluding hydrogens is 399 g/mol. The minimum absolute atomic E-state index is 0.0224. The lowest BCUT2D eigenvalue weighted by molar-refractivity contribution is -0.126. The average molecular weight is 419 g/mol. The van der Waals surface area contributed by atoms with Crippen molar-refractivity contribution in [3.63, 3.8) is 0 Å². The summed E-state index contributed by atoms with van der Waals surface area (Å²) in [6.45, 7) is 2.73. The summed E-state index contributed by atoms with van der Waals surface area (Å²) in [7, 11) is 1.61. The molecule has 136 valence electrons. The molecule has 0 atom stereocenters. The van der Waals surface area contributed by atoms with E-state index in [1.165, 1.54) is 12.1 Å². The van der Waals surface area contributed by atoms with E-state index >= 15 is 0 Å². The first-order chi connectivity index (χ1) is 12.6. The highest BCUT2D eigenvalue weighted by Crippen LogP contribution is 2.24. The highest BCUT2D eigenvalue weighted by molar-refractivity contribution is 9.10. The zero-order valence-electron chi connectivity index (χ0n) is 14.5. The fraction of sp³-hybridized carbons (Fsp3) is 0.250. The van der Waals surface area contributed by atoms with Crippen molar-refractivity contribution in [3.05, 3.63) is 64.4 Å². The number of rotatable bonds is 4. The lowest BCUT2D eigenvalue weighted by Crippen LogP contribution is -2.48. The molecule has 6 heteroatoms. The van der Waals surface area contributed by atoms with Crippen molar-refractivity contribution in [2.75, 3.05) is 38.2 Å². The standard InChI is InChI=1S/C20H20BrFN2O2/c1-26-19-8-3-16(21)14-15(19)2-9-20(25)24-12-10-23(11-13-24)18-6-4-17(22)5-7-18/h2-9,14H,10-13H2,1H3. The van der Waals surface area contributed by atoms with E-state index in [4.69, 9.17) is 4.74 Å². The van der Waals surface area contributed by atoms with Crippen LogP contribution in [0.4, 0.5) is 10.1 Å². The third-order valence-corrected chi connectivity index (χ3v) is 4.87. The van der Waals surface area contributed by atoms with Crippen LogP contribution in [0.15, 0.2) is 53.0 Å². The lowest BCUT2D eigenvalue weighted by Gasteiger charge is -2.35. The molecule has 0 radical (unpaired) electrons. The Bertz CT molecular complexity index is 800. The number of ether oxygens (including phenoxy) is 1. The Morgan fingerprint density at radius 2 is 1.81 bits per heavy atom. The van der Waals surface area contributed by atoms with Gasteiger partial charge in [-0.05, 0) is 48.5 Å². The van der Waals surface area contributed by atoms with Gasteiger partial charge in [0.2, 0.25) is 5.91 Å². The van der Waals surface area contributed by atoms with Gasteiger partial charge in [-0.25, -0.2) is 4.39 Å². The zero-order valence-corrected chi connectivity index (χ0v) is 16.1. The van der Waals surface area contributed by atoms with E-state index in [-0.39, 0.29) is 11.7 Å². The van der Waals surface area contributed by atoms with Gasteiger partial charge in [0, 0.05) is 48.0 Å². The molecule has 1 aliphatic heterocycles. The number of hydrogen-bond donors (Lipinski definition) is 0. The van der Waals surface area contributed by atoms with E-state index in [1.807, 2.05) is 23.1 Å². The molecule has 0 spiro atoms. The fourth-order valence-corrected chi connectivity index (χ4v) is 3.32. The molecule has 1 aliphatic rings. The van der Waals surface area contributed by atoms with E-state index in [0.717, 1.165) is 34.6 Å². The number of hydrogen-bond acceptors (Lipinski definition) is 3. The van der Waals surface area contributed by atoms with Crippen LogP contribution >= 0.6 is 15.9 Å². The summed E-state index contributed by atoms with van der Waals surface area (Å²) in [5.74, 6) is 0.458. The van der Waals surface area contributed by atoms with Gasteiger partial charge in [0.1, 0.15) is 11.6 Å². The molecular formula is C20H20BrFN2O2. The minimum atomic E-state index is -0.240. The highest BCUT2D eigenvalue weighted by Gasteiger charge is 2.19. The van der Waals surface area contributed by atoms with E-state index in [0.29, 0.717) is 13.1 Å². The maximum Gasteiger partial charge on any atom is 0.246 e. The molecule has 0 N–H and O–H groups in total. The van der Waals surface area contributed by atoms with Gasteiger partial charge in [0.25, 0.3) is 0 Å². The first kappa shape index (κ1) is 18.5. The van der Waals surface area contributed by atoms with Gasteiger partial charge in [-0.2, -0.15) is 0 Å². The maximum absolute atomic E-state index is 13.0. The summed E-state index contributed by atoms with van der Waals surface area (Å²) in [4.78, 5) is 16.4. The summed E-state index contributed by atoms with van der Waals surface area (Å²) in [5.41, 5.74) is 1.83. The van der Waals surface area contributed by atoms with Gasteiger partial charge < -0.3 is 14.5 Å². The Hall–Kier alpha value is -2.34. The first-order valence-corrected chi connectivity index (χ1v) is 9.17. The summed E-state index contributed by atoms with van der Waals surface area (Å²) in [6, 6.07) is 12.1. The van der Waals surface area contributed by atoms with Crippen LogP contribution in [0.1, 0.15) is 5.56 Å². The van der Waals surface area contributed by atoms with Crippen LogP contribution in [0.25, 0.3) is 6.08 Å².